The van der Waals surface area contributed by atoms with Gasteiger partial charge in [-0.3, -0.25) is 9.00 Å². The standard InChI is InChI=1S/C18H27NO2S/c1-3-14-9-11-15(12-10-14)13-19-18(20)16-7-5-6-8-17(16)22(21)4-2/h5-8,14-15H,3-4,9-13H2,1-2H3,(H,19,20). The molecule has 1 unspecified atom stereocenters. The first-order chi connectivity index (χ1) is 10.7. The van der Waals surface area contributed by atoms with E-state index in [9.17, 15) is 9.00 Å². The Morgan fingerprint density at radius 1 is 1.14 bits per heavy atom. The second-order valence-corrected chi connectivity index (χ2v) is 7.84. The Hall–Kier alpha value is -1.16. The van der Waals surface area contributed by atoms with Gasteiger partial charge in [0.05, 0.1) is 21.3 Å². The Labute approximate surface area is 136 Å². The predicted molar refractivity (Wildman–Crippen MR) is 91.5 cm³/mol. The van der Waals surface area contributed by atoms with Gasteiger partial charge in [-0.05, 0) is 36.8 Å². The van der Waals surface area contributed by atoms with Crippen LogP contribution in [0.4, 0.5) is 0 Å². The molecule has 0 saturated heterocycles. The molecule has 4 heteroatoms. The number of carbonyl (C=O) groups excluding carboxylic acids is 1. The van der Waals surface area contributed by atoms with Gasteiger partial charge in [0.15, 0.2) is 0 Å². The van der Waals surface area contributed by atoms with Crippen molar-refractivity contribution >= 4 is 16.7 Å². The van der Waals surface area contributed by atoms with Crippen molar-refractivity contribution in [3.63, 3.8) is 0 Å². The lowest BCUT2D eigenvalue weighted by Gasteiger charge is -2.27. The second kappa shape index (κ2) is 8.47. The third kappa shape index (κ3) is 4.42. The maximum atomic E-state index is 12.4. The van der Waals surface area contributed by atoms with Crippen LogP contribution in [-0.2, 0) is 10.8 Å². The minimum absolute atomic E-state index is 0.0879. The summed E-state index contributed by atoms with van der Waals surface area (Å²) >= 11 is 0. The van der Waals surface area contributed by atoms with E-state index < -0.39 is 10.8 Å². The van der Waals surface area contributed by atoms with Gasteiger partial charge in [-0.15, -0.1) is 0 Å². The highest BCUT2D eigenvalue weighted by Crippen LogP contribution is 2.30. The fourth-order valence-electron chi connectivity index (χ4n) is 3.18. The van der Waals surface area contributed by atoms with E-state index in [1.54, 1.807) is 12.1 Å². The van der Waals surface area contributed by atoms with Crippen LogP contribution in [0.25, 0.3) is 0 Å². The molecule has 1 aliphatic rings. The lowest BCUT2D eigenvalue weighted by molar-refractivity contribution is 0.0938. The summed E-state index contributed by atoms with van der Waals surface area (Å²) in [6.45, 7) is 4.87. The van der Waals surface area contributed by atoms with Crippen LogP contribution in [0.3, 0.4) is 0 Å². The van der Waals surface area contributed by atoms with E-state index in [0.717, 1.165) is 12.5 Å². The highest BCUT2D eigenvalue weighted by atomic mass is 32.2. The fraction of sp³-hybridized carbons (Fsp3) is 0.611. The minimum Gasteiger partial charge on any atom is -0.352 e. The number of amides is 1. The van der Waals surface area contributed by atoms with Gasteiger partial charge in [-0.25, -0.2) is 0 Å². The maximum Gasteiger partial charge on any atom is 0.252 e. The Bertz CT molecular complexity index is 522. The zero-order valence-corrected chi connectivity index (χ0v) is 14.5. The summed E-state index contributed by atoms with van der Waals surface area (Å²) in [6, 6.07) is 7.23. The van der Waals surface area contributed by atoms with Crippen molar-refractivity contribution in [3.8, 4) is 0 Å². The topological polar surface area (TPSA) is 46.2 Å². The predicted octanol–water partition coefficient (Wildman–Crippen LogP) is 3.76. The first-order valence-corrected chi connectivity index (χ1v) is 9.73. The zero-order valence-electron chi connectivity index (χ0n) is 13.6. The summed E-state index contributed by atoms with van der Waals surface area (Å²) in [6.07, 6.45) is 6.26. The van der Waals surface area contributed by atoms with Crippen molar-refractivity contribution in [2.45, 2.75) is 50.8 Å². The number of hydrogen-bond acceptors (Lipinski definition) is 2. The Morgan fingerprint density at radius 3 is 2.41 bits per heavy atom. The first kappa shape index (κ1) is 17.2. The molecule has 0 spiro atoms. The first-order valence-electron chi connectivity index (χ1n) is 8.41. The third-order valence-corrected chi connectivity index (χ3v) is 6.11. The molecule has 0 radical (unpaired) electrons. The number of hydrogen-bond donors (Lipinski definition) is 1. The molecule has 1 N–H and O–H groups in total. The van der Waals surface area contributed by atoms with Gasteiger partial charge in [0.25, 0.3) is 5.91 Å². The minimum atomic E-state index is -1.10. The van der Waals surface area contributed by atoms with Gasteiger partial charge in [0.1, 0.15) is 0 Å². The van der Waals surface area contributed by atoms with Gasteiger partial charge in [-0.1, -0.05) is 45.2 Å². The van der Waals surface area contributed by atoms with Crippen LogP contribution in [0.15, 0.2) is 29.2 Å². The van der Waals surface area contributed by atoms with Gasteiger partial charge in [0, 0.05) is 12.3 Å². The van der Waals surface area contributed by atoms with Gasteiger partial charge in [-0.2, -0.15) is 0 Å². The molecule has 0 bridgehead atoms. The van der Waals surface area contributed by atoms with Crippen molar-refractivity contribution in [2.75, 3.05) is 12.3 Å². The summed E-state index contributed by atoms with van der Waals surface area (Å²) in [4.78, 5) is 13.1. The summed E-state index contributed by atoms with van der Waals surface area (Å²) in [5.41, 5.74) is 0.560. The van der Waals surface area contributed by atoms with Gasteiger partial charge < -0.3 is 5.32 Å². The molecule has 1 fully saturated rings. The molecule has 0 aromatic heterocycles. The summed E-state index contributed by atoms with van der Waals surface area (Å²) in [5.74, 6) is 1.91. The second-order valence-electron chi connectivity index (χ2n) is 6.14. The fourth-order valence-corrected chi connectivity index (χ4v) is 4.13. The highest BCUT2D eigenvalue weighted by molar-refractivity contribution is 7.85. The van der Waals surface area contributed by atoms with E-state index in [1.165, 1.54) is 32.1 Å². The van der Waals surface area contributed by atoms with Crippen LogP contribution in [0.2, 0.25) is 0 Å². The number of carbonyl (C=O) groups is 1. The number of nitrogens with one attached hydrogen (secondary N) is 1. The largest absolute Gasteiger partial charge is 0.352 e. The van der Waals surface area contributed by atoms with Crippen LogP contribution < -0.4 is 5.32 Å². The molecule has 122 valence electrons. The maximum absolute atomic E-state index is 12.4. The monoisotopic (exact) mass is 321 g/mol. The SMILES string of the molecule is CCC1CCC(CNC(=O)c2ccccc2S(=O)CC)CC1. The smallest absolute Gasteiger partial charge is 0.252 e. The molecule has 1 aliphatic carbocycles. The molecule has 1 saturated carbocycles. The van der Waals surface area contributed by atoms with Crippen molar-refractivity contribution in [3.05, 3.63) is 29.8 Å². The molecule has 2 rings (SSSR count). The van der Waals surface area contributed by atoms with E-state index in [-0.39, 0.29) is 5.91 Å². The Kier molecular flexibility index (Phi) is 6.62. The van der Waals surface area contributed by atoms with Crippen LogP contribution >= 0.6 is 0 Å². The molecule has 22 heavy (non-hydrogen) atoms. The van der Waals surface area contributed by atoms with Crippen molar-refractivity contribution in [1.29, 1.82) is 0 Å². The Morgan fingerprint density at radius 2 is 1.77 bits per heavy atom. The summed E-state index contributed by atoms with van der Waals surface area (Å²) in [5, 5.41) is 3.05. The molecule has 1 aromatic rings. The molecule has 3 nitrogen and oxygen atoms in total. The average molecular weight is 321 g/mol. The highest BCUT2D eigenvalue weighted by Gasteiger charge is 2.21. The van der Waals surface area contributed by atoms with E-state index in [2.05, 4.69) is 12.2 Å². The normalized spacial score (nSPS) is 23.0. The van der Waals surface area contributed by atoms with E-state index in [4.69, 9.17) is 0 Å². The lowest BCUT2D eigenvalue weighted by Crippen LogP contribution is -2.31. The zero-order chi connectivity index (χ0) is 15.9. The van der Waals surface area contributed by atoms with E-state index in [0.29, 0.717) is 22.1 Å². The quantitative estimate of drug-likeness (QED) is 0.867. The number of benzene rings is 1. The van der Waals surface area contributed by atoms with Crippen LogP contribution in [0.1, 0.15) is 56.3 Å². The lowest BCUT2D eigenvalue weighted by atomic mass is 9.81. The molecule has 0 heterocycles. The van der Waals surface area contributed by atoms with Gasteiger partial charge in [0.2, 0.25) is 0 Å². The number of rotatable bonds is 6. The third-order valence-electron chi connectivity index (χ3n) is 4.73. The molecule has 1 atom stereocenters. The van der Waals surface area contributed by atoms with Crippen molar-refractivity contribution in [1.82, 2.24) is 5.32 Å². The molecular formula is C18H27NO2S. The van der Waals surface area contributed by atoms with Crippen LogP contribution in [0, 0.1) is 11.8 Å². The van der Waals surface area contributed by atoms with Gasteiger partial charge >= 0.3 is 0 Å². The Balaban J connectivity index is 1.92. The molecular weight excluding hydrogens is 294 g/mol. The van der Waals surface area contributed by atoms with Crippen LogP contribution in [0.5, 0.6) is 0 Å². The molecule has 1 aromatic carbocycles. The van der Waals surface area contributed by atoms with Crippen molar-refractivity contribution < 1.29 is 9.00 Å². The molecule has 1 amide bonds. The summed E-state index contributed by atoms with van der Waals surface area (Å²) in [7, 11) is -1.10. The summed E-state index contributed by atoms with van der Waals surface area (Å²) < 4.78 is 12.0. The van der Waals surface area contributed by atoms with E-state index >= 15 is 0 Å². The van der Waals surface area contributed by atoms with E-state index in [1.807, 2.05) is 19.1 Å². The average Bonchev–Trinajstić information content (AvgIpc) is 2.59. The van der Waals surface area contributed by atoms with Crippen LogP contribution in [-0.4, -0.2) is 22.4 Å². The molecule has 0 aliphatic heterocycles. The van der Waals surface area contributed by atoms with Crippen molar-refractivity contribution in [2.24, 2.45) is 11.8 Å².